The fourth-order valence-electron chi connectivity index (χ4n) is 2.10. The van der Waals surface area contributed by atoms with Crippen LogP contribution in [0.5, 0.6) is 0 Å². The standard InChI is InChI=1S/C15H14N4O2S/c1-19-15(22-10-11-5-4-8-21-11)12(9-17-20)14(18-19)13-6-2-3-7-16-13/h2-9,20H,10H2,1H3/b17-9+. The molecule has 0 aliphatic rings. The lowest BCUT2D eigenvalue weighted by Gasteiger charge is -2.01. The van der Waals surface area contributed by atoms with Crippen molar-refractivity contribution >= 4 is 18.0 Å². The summed E-state index contributed by atoms with van der Waals surface area (Å²) in [5, 5.41) is 17.5. The molecule has 7 heteroatoms. The summed E-state index contributed by atoms with van der Waals surface area (Å²) in [6, 6.07) is 9.39. The number of furan rings is 1. The second kappa shape index (κ2) is 6.48. The number of hydrogen-bond acceptors (Lipinski definition) is 6. The molecule has 3 rings (SSSR count). The Kier molecular flexibility index (Phi) is 4.24. The van der Waals surface area contributed by atoms with Crippen molar-refractivity contribution in [3.8, 4) is 11.4 Å². The molecule has 22 heavy (non-hydrogen) atoms. The normalized spacial score (nSPS) is 11.3. The van der Waals surface area contributed by atoms with Crippen molar-refractivity contribution in [2.45, 2.75) is 10.8 Å². The van der Waals surface area contributed by atoms with Gasteiger partial charge in [-0.15, -0.1) is 0 Å². The van der Waals surface area contributed by atoms with Gasteiger partial charge in [-0.1, -0.05) is 23.0 Å². The van der Waals surface area contributed by atoms with Crippen molar-refractivity contribution < 1.29 is 9.62 Å². The quantitative estimate of drug-likeness (QED) is 0.339. The summed E-state index contributed by atoms with van der Waals surface area (Å²) >= 11 is 1.56. The Morgan fingerprint density at radius 2 is 2.27 bits per heavy atom. The van der Waals surface area contributed by atoms with Crippen molar-refractivity contribution in [3.63, 3.8) is 0 Å². The lowest BCUT2D eigenvalue weighted by molar-refractivity contribution is 0.321. The first kappa shape index (κ1) is 14.4. The molecule has 0 bridgehead atoms. The average molecular weight is 314 g/mol. The molecule has 0 saturated heterocycles. The van der Waals surface area contributed by atoms with Crippen LogP contribution in [0.15, 0.2) is 57.4 Å². The van der Waals surface area contributed by atoms with Gasteiger partial charge in [-0.2, -0.15) is 5.10 Å². The Morgan fingerprint density at radius 1 is 1.36 bits per heavy atom. The monoisotopic (exact) mass is 314 g/mol. The highest BCUT2D eigenvalue weighted by atomic mass is 32.2. The van der Waals surface area contributed by atoms with Crippen LogP contribution in [0.1, 0.15) is 11.3 Å². The fraction of sp³-hybridized carbons (Fsp3) is 0.133. The third-order valence-electron chi connectivity index (χ3n) is 3.06. The molecule has 0 aromatic carbocycles. The Balaban J connectivity index is 1.97. The molecule has 3 heterocycles. The number of pyridine rings is 1. The summed E-state index contributed by atoms with van der Waals surface area (Å²) in [7, 11) is 1.85. The van der Waals surface area contributed by atoms with Crippen LogP contribution in [-0.4, -0.2) is 26.2 Å². The molecule has 1 N–H and O–H groups in total. The van der Waals surface area contributed by atoms with Crippen LogP contribution in [0.4, 0.5) is 0 Å². The zero-order valence-electron chi connectivity index (χ0n) is 11.9. The summed E-state index contributed by atoms with van der Waals surface area (Å²) in [6.45, 7) is 0. The fourth-order valence-corrected chi connectivity index (χ4v) is 3.07. The Hall–Kier alpha value is -2.54. The van der Waals surface area contributed by atoms with Crippen LogP contribution in [0, 0.1) is 0 Å². The zero-order chi connectivity index (χ0) is 15.4. The Morgan fingerprint density at radius 3 is 2.95 bits per heavy atom. The van der Waals surface area contributed by atoms with E-state index >= 15 is 0 Å². The summed E-state index contributed by atoms with van der Waals surface area (Å²) in [5.41, 5.74) is 2.15. The molecule has 0 aliphatic carbocycles. The minimum absolute atomic E-state index is 0.667. The van der Waals surface area contributed by atoms with Crippen molar-refractivity contribution in [3.05, 3.63) is 54.1 Å². The van der Waals surface area contributed by atoms with Gasteiger partial charge in [-0.3, -0.25) is 9.67 Å². The first-order valence-electron chi connectivity index (χ1n) is 6.60. The number of aromatic nitrogens is 3. The first-order chi connectivity index (χ1) is 10.8. The van der Waals surface area contributed by atoms with Crippen LogP contribution in [0.25, 0.3) is 11.4 Å². The highest BCUT2D eigenvalue weighted by Crippen LogP contribution is 2.31. The predicted molar refractivity (Wildman–Crippen MR) is 84.1 cm³/mol. The largest absolute Gasteiger partial charge is 0.468 e. The SMILES string of the molecule is Cn1nc(-c2ccccn2)c(/C=N/O)c1SCc1ccco1. The predicted octanol–water partition coefficient (Wildman–Crippen LogP) is 3.18. The molecular weight excluding hydrogens is 300 g/mol. The molecule has 112 valence electrons. The number of thioether (sulfide) groups is 1. The molecule has 3 aromatic heterocycles. The molecule has 0 aliphatic heterocycles. The maximum atomic E-state index is 8.96. The van der Waals surface area contributed by atoms with Crippen LogP contribution in [0.3, 0.4) is 0 Å². The van der Waals surface area contributed by atoms with Gasteiger partial charge in [0.25, 0.3) is 0 Å². The van der Waals surface area contributed by atoms with E-state index in [1.54, 1.807) is 28.9 Å². The van der Waals surface area contributed by atoms with E-state index in [-0.39, 0.29) is 0 Å². The number of hydrogen-bond donors (Lipinski definition) is 1. The maximum absolute atomic E-state index is 8.96. The first-order valence-corrected chi connectivity index (χ1v) is 7.59. The molecule has 0 amide bonds. The van der Waals surface area contributed by atoms with Gasteiger partial charge >= 0.3 is 0 Å². The lowest BCUT2D eigenvalue weighted by Crippen LogP contribution is -1.94. The van der Waals surface area contributed by atoms with Crippen LogP contribution < -0.4 is 0 Å². The summed E-state index contributed by atoms with van der Waals surface area (Å²) < 4.78 is 7.10. The summed E-state index contributed by atoms with van der Waals surface area (Å²) in [4.78, 5) is 4.31. The zero-order valence-corrected chi connectivity index (χ0v) is 12.7. The average Bonchev–Trinajstić information content (AvgIpc) is 3.15. The summed E-state index contributed by atoms with van der Waals surface area (Å²) in [5.74, 6) is 1.54. The second-order valence-electron chi connectivity index (χ2n) is 4.52. The van der Waals surface area contributed by atoms with E-state index in [0.29, 0.717) is 11.4 Å². The Labute approximate surface area is 131 Å². The number of nitrogens with zero attached hydrogens (tertiary/aromatic N) is 4. The van der Waals surface area contributed by atoms with Gasteiger partial charge in [0.05, 0.1) is 29.5 Å². The second-order valence-corrected chi connectivity index (χ2v) is 5.48. The molecule has 0 spiro atoms. The molecule has 6 nitrogen and oxygen atoms in total. The van der Waals surface area contributed by atoms with E-state index in [9.17, 15) is 0 Å². The molecular formula is C15H14N4O2S. The number of rotatable bonds is 5. The molecule has 0 fully saturated rings. The van der Waals surface area contributed by atoms with Gasteiger partial charge in [0.2, 0.25) is 0 Å². The van der Waals surface area contributed by atoms with Gasteiger partial charge in [-0.25, -0.2) is 0 Å². The number of oxime groups is 1. The van der Waals surface area contributed by atoms with Gasteiger partial charge in [-0.05, 0) is 24.3 Å². The van der Waals surface area contributed by atoms with E-state index in [4.69, 9.17) is 9.62 Å². The molecule has 0 radical (unpaired) electrons. The van der Waals surface area contributed by atoms with E-state index in [1.165, 1.54) is 6.21 Å². The van der Waals surface area contributed by atoms with Gasteiger partial charge in [0, 0.05) is 13.2 Å². The minimum atomic E-state index is 0.667. The van der Waals surface area contributed by atoms with E-state index in [0.717, 1.165) is 22.0 Å². The highest BCUT2D eigenvalue weighted by Gasteiger charge is 2.18. The van der Waals surface area contributed by atoms with E-state index in [1.807, 2.05) is 37.4 Å². The molecule has 0 unspecified atom stereocenters. The Bertz CT molecular complexity index is 766. The van der Waals surface area contributed by atoms with Crippen molar-refractivity contribution in [2.24, 2.45) is 12.2 Å². The third-order valence-corrected chi connectivity index (χ3v) is 4.24. The topological polar surface area (TPSA) is 76.4 Å². The van der Waals surface area contributed by atoms with Crippen LogP contribution in [-0.2, 0) is 12.8 Å². The summed E-state index contributed by atoms with van der Waals surface area (Å²) in [6.07, 6.45) is 4.75. The van der Waals surface area contributed by atoms with Crippen molar-refractivity contribution in [1.29, 1.82) is 0 Å². The van der Waals surface area contributed by atoms with E-state index in [2.05, 4.69) is 15.2 Å². The molecule has 0 saturated carbocycles. The van der Waals surface area contributed by atoms with Gasteiger partial charge in [0.1, 0.15) is 16.5 Å². The maximum Gasteiger partial charge on any atom is 0.121 e. The van der Waals surface area contributed by atoms with Gasteiger partial charge in [0.15, 0.2) is 0 Å². The highest BCUT2D eigenvalue weighted by molar-refractivity contribution is 7.98. The van der Waals surface area contributed by atoms with Crippen LogP contribution >= 0.6 is 11.8 Å². The molecule has 0 atom stereocenters. The van der Waals surface area contributed by atoms with Crippen molar-refractivity contribution in [2.75, 3.05) is 0 Å². The minimum Gasteiger partial charge on any atom is -0.468 e. The van der Waals surface area contributed by atoms with Crippen molar-refractivity contribution in [1.82, 2.24) is 14.8 Å². The number of aryl methyl sites for hydroxylation is 1. The smallest absolute Gasteiger partial charge is 0.121 e. The van der Waals surface area contributed by atoms with Crippen LogP contribution in [0.2, 0.25) is 0 Å². The third kappa shape index (κ3) is 2.89. The van der Waals surface area contributed by atoms with Gasteiger partial charge < -0.3 is 9.62 Å². The molecule has 3 aromatic rings. The lowest BCUT2D eigenvalue weighted by atomic mass is 10.2. The van der Waals surface area contributed by atoms with E-state index < -0.39 is 0 Å².